The molecule has 0 bridgehead atoms. The molecule has 0 radical (unpaired) electrons. The lowest BCUT2D eigenvalue weighted by molar-refractivity contribution is 0.218. The van der Waals surface area contributed by atoms with E-state index in [0.717, 1.165) is 6.42 Å². The zero-order chi connectivity index (χ0) is 11.5. The maximum atomic E-state index is 9.23. The van der Waals surface area contributed by atoms with Gasteiger partial charge >= 0.3 is 0 Å². The molecular formula is C10H16ClN3O. The fourth-order valence-electron chi connectivity index (χ4n) is 1.13. The molecule has 0 fully saturated rings. The molecule has 1 unspecified atom stereocenters. The molecule has 4 nitrogen and oxygen atoms in total. The van der Waals surface area contributed by atoms with Crippen molar-refractivity contribution < 1.29 is 5.11 Å². The highest BCUT2D eigenvalue weighted by Crippen LogP contribution is 2.20. The van der Waals surface area contributed by atoms with Gasteiger partial charge in [0.25, 0.3) is 0 Å². The van der Waals surface area contributed by atoms with E-state index in [4.69, 9.17) is 17.3 Å². The number of nitrogens with two attached hydrogens (primary N) is 1. The number of aliphatic hydroxyl groups is 1. The van der Waals surface area contributed by atoms with E-state index in [9.17, 15) is 5.11 Å². The number of aromatic nitrogens is 1. The molecule has 0 aromatic carbocycles. The molecule has 0 spiro atoms. The average molecular weight is 230 g/mol. The Morgan fingerprint density at radius 2 is 2.27 bits per heavy atom. The second kappa shape index (κ2) is 4.68. The van der Waals surface area contributed by atoms with Crippen molar-refractivity contribution in [1.29, 1.82) is 0 Å². The molecule has 15 heavy (non-hydrogen) atoms. The third-order valence-corrected chi connectivity index (χ3v) is 2.57. The zero-order valence-corrected chi connectivity index (χ0v) is 9.67. The molecule has 0 saturated heterocycles. The van der Waals surface area contributed by atoms with Gasteiger partial charge in [0, 0.05) is 11.8 Å². The van der Waals surface area contributed by atoms with Gasteiger partial charge < -0.3 is 16.2 Å². The Bertz CT molecular complexity index is 319. The summed E-state index contributed by atoms with van der Waals surface area (Å²) < 4.78 is 0. The summed E-state index contributed by atoms with van der Waals surface area (Å²) in [5.74, 6) is 0.582. The number of halogens is 1. The second-order valence-corrected chi connectivity index (χ2v) is 4.19. The topological polar surface area (TPSA) is 71.2 Å². The Hall–Kier alpha value is -1.00. The van der Waals surface area contributed by atoms with Crippen LogP contribution in [0, 0.1) is 0 Å². The van der Waals surface area contributed by atoms with Gasteiger partial charge in [0.1, 0.15) is 11.0 Å². The van der Waals surface area contributed by atoms with Crippen molar-refractivity contribution in [3.63, 3.8) is 0 Å². The molecule has 5 heteroatoms. The minimum absolute atomic E-state index is 0.0254. The molecule has 0 aliphatic carbocycles. The molecule has 1 aromatic rings. The molecular weight excluding hydrogens is 214 g/mol. The third kappa shape index (κ3) is 3.25. The van der Waals surface area contributed by atoms with Crippen LogP contribution in [0.4, 0.5) is 11.5 Å². The number of hydrogen-bond donors (Lipinski definition) is 3. The highest BCUT2D eigenvalue weighted by Gasteiger charge is 2.21. The summed E-state index contributed by atoms with van der Waals surface area (Å²) in [6.45, 7) is 3.92. The number of rotatable bonds is 4. The summed E-state index contributed by atoms with van der Waals surface area (Å²) in [4.78, 5) is 4.08. The van der Waals surface area contributed by atoms with E-state index in [2.05, 4.69) is 10.3 Å². The summed E-state index contributed by atoms with van der Waals surface area (Å²) in [6, 6.07) is 3.27. The van der Waals surface area contributed by atoms with Crippen LogP contribution in [0.3, 0.4) is 0 Å². The van der Waals surface area contributed by atoms with Crippen molar-refractivity contribution >= 4 is 23.1 Å². The average Bonchev–Trinajstić information content (AvgIpc) is 2.16. The smallest absolute Gasteiger partial charge is 0.133 e. The Morgan fingerprint density at radius 3 is 2.73 bits per heavy atom. The summed E-state index contributed by atoms with van der Waals surface area (Å²) in [6.07, 6.45) is 0.775. The molecule has 1 atom stereocenters. The highest BCUT2D eigenvalue weighted by molar-refractivity contribution is 6.29. The van der Waals surface area contributed by atoms with Crippen LogP contribution in [0.25, 0.3) is 0 Å². The number of anilines is 2. The Balaban J connectivity index is 2.88. The van der Waals surface area contributed by atoms with Crippen LogP contribution in [0.2, 0.25) is 5.15 Å². The first-order valence-electron chi connectivity index (χ1n) is 4.81. The first kappa shape index (κ1) is 12.1. The molecule has 1 rings (SSSR count). The number of nitrogen functional groups attached to an aromatic ring is 1. The molecule has 0 aliphatic rings. The molecule has 0 saturated carbocycles. The molecule has 0 amide bonds. The quantitative estimate of drug-likeness (QED) is 0.690. The second-order valence-electron chi connectivity index (χ2n) is 3.81. The van der Waals surface area contributed by atoms with Gasteiger partial charge in [-0.15, -0.1) is 0 Å². The predicted octanol–water partition coefficient (Wildman–Crippen LogP) is 1.89. The summed E-state index contributed by atoms with van der Waals surface area (Å²) in [7, 11) is 0. The zero-order valence-electron chi connectivity index (χ0n) is 8.92. The van der Waals surface area contributed by atoms with Gasteiger partial charge in [-0.25, -0.2) is 4.98 Å². The SMILES string of the molecule is CCC(C)(CO)Nc1cc(N)cc(Cl)n1. The van der Waals surface area contributed by atoms with E-state index in [-0.39, 0.29) is 6.61 Å². The minimum Gasteiger partial charge on any atom is -0.399 e. The number of hydrogen-bond acceptors (Lipinski definition) is 4. The van der Waals surface area contributed by atoms with E-state index < -0.39 is 5.54 Å². The Morgan fingerprint density at radius 1 is 1.60 bits per heavy atom. The van der Waals surface area contributed by atoms with Crippen LogP contribution < -0.4 is 11.1 Å². The summed E-state index contributed by atoms with van der Waals surface area (Å²) >= 11 is 5.77. The van der Waals surface area contributed by atoms with E-state index in [1.165, 1.54) is 0 Å². The standard InChI is InChI=1S/C10H16ClN3O/c1-3-10(2,6-15)14-9-5-7(12)4-8(11)13-9/h4-5,15H,3,6H2,1-2H3,(H3,12,13,14). The van der Waals surface area contributed by atoms with Crippen molar-refractivity contribution in [2.75, 3.05) is 17.7 Å². The van der Waals surface area contributed by atoms with E-state index in [1.807, 2.05) is 13.8 Å². The van der Waals surface area contributed by atoms with Gasteiger partial charge in [-0.3, -0.25) is 0 Å². The van der Waals surface area contributed by atoms with Crippen LogP contribution in [0.5, 0.6) is 0 Å². The van der Waals surface area contributed by atoms with E-state index in [0.29, 0.717) is 16.7 Å². The van der Waals surface area contributed by atoms with Crippen LogP contribution in [0.1, 0.15) is 20.3 Å². The van der Waals surface area contributed by atoms with Gasteiger partial charge in [0.2, 0.25) is 0 Å². The number of pyridine rings is 1. The van der Waals surface area contributed by atoms with Crippen LogP contribution in [-0.4, -0.2) is 22.2 Å². The maximum absolute atomic E-state index is 9.23. The fraction of sp³-hybridized carbons (Fsp3) is 0.500. The molecule has 1 aromatic heterocycles. The van der Waals surface area contributed by atoms with Crippen molar-refractivity contribution in [2.24, 2.45) is 0 Å². The molecule has 84 valence electrons. The van der Waals surface area contributed by atoms with Gasteiger partial charge in [-0.05, 0) is 19.4 Å². The fourth-order valence-corrected chi connectivity index (χ4v) is 1.35. The highest BCUT2D eigenvalue weighted by atomic mass is 35.5. The van der Waals surface area contributed by atoms with Gasteiger partial charge in [0.15, 0.2) is 0 Å². The van der Waals surface area contributed by atoms with Crippen LogP contribution in [0.15, 0.2) is 12.1 Å². The van der Waals surface area contributed by atoms with E-state index >= 15 is 0 Å². The van der Waals surface area contributed by atoms with Crippen molar-refractivity contribution in [3.05, 3.63) is 17.3 Å². The lowest BCUT2D eigenvalue weighted by Gasteiger charge is -2.27. The maximum Gasteiger partial charge on any atom is 0.133 e. The van der Waals surface area contributed by atoms with Crippen molar-refractivity contribution in [3.8, 4) is 0 Å². The van der Waals surface area contributed by atoms with Gasteiger partial charge in [-0.2, -0.15) is 0 Å². The third-order valence-electron chi connectivity index (χ3n) is 2.38. The summed E-state index contributed by atoms with van der Waals surface area (Å²) in [5.41, 5.74) is 5.79. The first-order valence-corrected chi connectivity index (χ1v) is 5.19. The van der Waals surface area contributed by atoms with Crippen molar-refractivity contribution in [1.82, 2.24) is 4.98 Å². The lowest BCUT2D eigenvalue weighted by atomic mass is 10.0. The number of nitrogens with zero attached hydrogens (tertiary/aromatic N) is 1. The Kier molecular flexibility index (Phi) is 3.77. The lowest BCUT2D eigenvalue weighted by Crippen LogP contribution is -2.38. The monoisotopic (exact) mass is 229 g/mol. The predicted molar refractivity (Wildman–Crippen MR) is 63.1 cm³/mol. The first-order chi connectivity index (χ1) is 6.99. The normalized spacial score (nSPS) is 14.7. The minimum atomic E-state index is -0.399. The van der Waals surface area contributed by atoms with Crippen LogP contribution in [-0.2, 0) is 0 Å². The van der Waals surface area contributed by atoms with E-state index in [1.54, 1.807) is 12.1 Å². The van der Waals surface area contributed by atoms with Crippen LogP contribution >= 0.6 is 11.6 Å². The van der Waals surface area contributed by atoms with Crippen molar-refractivity contribution in [2.45, 2.75) is 25.8 Å². The largest absolute Gasteiger partial charge is 0.399 e. The summed E-state index contributed by atoms with van der Waals surface area (Å²) in [5, 5.41) is 12.7. The van der Waals surface area contributed by atoms with Gasteiger partial charge in [0.05, 0.1) is 12.1 Å². The van der Waals surface area contributed by atoms with Gasteiger partial charge in [-0.1, -0.05) is 18.5 Å². The molecule has 0 aliphatic heterocycles. The molecule has 1 heterocycles. The molecule has 4 N–H and O–H groups in total. The Labute approximate surface area is 94.5 Å². The number of aliphatic hydroxyl groups excluding tert-OH is 1. The number of nitrogens with one attached hydrogen (secondary N) is 1.